The maximum Gasteiger partial charge on any atom is 0.236 e. The molecule has 0 unspecified atom stereocenters. The van der Waals surface area contributed by atoms with Gasteiger partial charge in [-0.1, -0.05) is 41.8 Å². The summed E-state index contributed by atoms with van der Waals surface area (Å²) in [5.74, 6) is 1.36. The lowest BCUT2D eigenvalue weighted by molar-refractivity contribution is -0.113. The van der Waals surface area contributed by atoms with Gasteiger partial charge in [0, 0.05) is 18.8 Å². The fourth-order valence-electron chi connectivity index (χ4n) is 2.68. The van der Waals surface area contributed by atoms with Crippen molar-refractivity contribution < 1.29 is 9.18 Å². The molecule has 0 radical (unpaired) electrons. The molecule has 146 valence electrons. The number of hydrogen-bond donors (Lipinski definition) is 1. The molecule has 3 heterocycles. The molecule has 1 aromatic carbocycles. The Labute approximate surface area is 172 Å². The van der Waals surface area contributed by atoms with E-state index in [9.17, 15) is 9.18 Å². The number of amides is 1. The molecule has 28 heavy (non-hydrogen) atoms. The minimum absolute atomic E-state index is 0.167. The molecule has 1 amide bonds. The van der Waals surface area contributed by atoms with Crippen LogP contribution in [-0.4, -0.2) is 48.9 Å². The van der Waals surface area contributed by atoms with Crippen LogP contribution >= 0.6 is 34.9 Å². The van der Waals surface area contributed by atoms with Gasteiger partial charge < -0.3 is 4.90 Å². The first-order valence-corrected chi connectivity index (χ1v) is 11.3. The third kappa shape index (κ3) is 4.13. The van der Waals surface area contributed by atoms with E-state index in [0.717, 1.165) is 22.3 Å². The van der Waals surface area contributed by atoms with Crippen LogP contribution in [0.2, 0.25) is 0 Å². The topological polar surface area (TPSA) is 88.8 Å². The Kier molecular flexibility index (Phi) is 5.78. The van der Waals surface area contributed by atoms with E-state index < -0.39 is 0 Å². The highest BCUT2D eigenvalue weighted by Gasteiger charge is 2.26. The second kappa shape index (κ2) is 8.45. The SMILES string of the molecule is CCSc1nnc(NC(=O)CSc2nnc3n2CCN3c2ccc(F)cc2)s1. The molecule has 0 bridgehead atoms. The van der Waals surface area contributed by atoms with Crippen molar-refractivity contribution in [3.8, 4) is 0 Å². The third-order valence-corrected chi connectivity index (χ3v) is 6.70. The van der Waals surface area contributed by atoms with Crippen molar-refractivity contribution >= 4 is 57.5 Å². The minimum Gasteiger partial charge on any atom is -0.309 e. The van der Waals surface area contributed by atoms with Crippen LogP contribution in [-0.2, 0) is 11.3 Å². The van der Waals surface area contributed by atoms with Gasteiger partial charge in [0.1, 0.15) is 5.82 Å². The summed E-state index contributed by atoms with van der Waals surface area (Å²) in [5, 5.41) is 20.3. The molecule has 0 saturated heterocycles. The lowest BCUT2D eigenvalue weighted by atomic mass is 10.3. The van der Waals surface area contributed by atoms with Crippen molar-refractivity contribution in [2.75, 3.05) is 28.3 Å². The number of hydrogen-bond acceptors (Lipinski definition) is 9. The van der Waals surface area contributed by atoms with Gasteiger partial charge in [0.25, 0.3) is 0 Å². The maximum absolute atomic E-state index is 13.1. The lowest BCUT2D eigenvalue weighted by Gasteiger charge is -2.14. The maximum atomic E-state index is 13.1. The number of anilines is 3. The van der Waals surface area contributed by atoms with E-state index in [2.05, 4.69) is 25.7 Å². The van der Waals surface area contributed by atoms with E-state index >= 15 is 0 Å². The zero-order chi connectivity index (χ0) is 19.5. The second-order valence-corrected chi connectivity index (χ2v) is 9.14. The quantitative estimate of drug-likeness (QED) is 0.445. The number of nitrogens with one attached hydrogen (secondary N) is 1. The molecule has 3 aromatic rings. The van der Waals surface area contributed by atoms with Gasteiger partial charge in [-0.15, -0.1) is 20.4 Å². The van der Waals surface area contributed by atoms with E-state index in [1.165, 1.54) is 35.2 Å². The summed E-state index contributed by atoms with van der Waals surface area (Å²) in [4.78, 5) is 14.2. The predicted octanol–water partition coefficient (Wildman–Crippen LogP) is 3.26. The van der Waals surface area contributed by atoms with Crippen LogP contribution in [0.3, 0.4) is 0 Å². The van der Waals surface area contributed by atoms with Gasteiger partial charge in [0.2, 0.25) is 17.0 Å². The molecule has 0 fully saturated rings. The van der Waals surface area contributed by atoms with Crippen LogP contribution in [0.25, 0.3) is 0 Å². The van der Waals surface area contributed by atoms with Crippen LogP contribution in [0.1, 0.15) is 6.92 Å². The van der Waals surface area contributed by atoms with Crippen molar-refractivity contribution in [1.29, 1.82) is 0 Å². The van der Waals surface area contributed by atoms with E-state index in [1.807, 2.05) is 16.4 Å². The Hall–Kier alpha value is -2.18. The Morgan fingerprint density at radius 1 is 1.18 bits per heavy atom. The number of thioether (sulfide) groups is 2. The number of benzene rings is 1. The number of fused-ring (bicyclic) bond motifs is 1. The summed E-state index contributed by atoms with van der Waals surface area (Å²) < 4.78 is 15.9. The first kappa shape index (κ1) is 19.2. The van der Waals surface area contributed by atoms with Gasteiger partial charge in [-0.2, -0.15) is 0 Å². The Morgan fingerprint density at radius 2 is 2.00 bits per heavy atom. The van der Waals surface area contributed by atoms with Gasteiger partial charge in [0.05, 0.1) is 5.75 Å². The molecule has 2 aromatic heterocycles. The highest BCUT2D eigenvalue weighted by Crippen LogP contribution is 2.32. The number of carbonyl (C=O) groups excluding carboxylic acids is 1. The molecule has 0 saturated carbocycles. The summed E-state index contributed by atoms with van der Waals surface area (Å²) in [6.07, 6.45) is 0. The monoisotopic (exact) mass is 437 g/mol. The van der Waals surface area contributed by atoms with Crippen molar-refractivity contribution in [3.63, 3.8) is 0 Å². The van der Waals surface area contributed by atoms with Gasteiger partial charge in [-0.05, 0) is 30.0 Å². The van der Waals surface area contributed by atoms with E-state index in [0.29, 0.717) is 22.8 Å². The van der Waals surface area contributed by atoms with Crippen LogP contribution in [0.4, 0.5) is 21.2 Å². The molecular formula is C16H16FN7OS3. The van der Waals surface area contributed by atoms with Crippen molar-refractivity contribution in [3.05, 3.63) is 30.1 Å². The Morgan fingerprint density at radius 3 is 2.79 bits per heavy atom. The fourth-order valence-corrected chi connectivity index (χ4v) is 5.10. The summed E-state index contributed by atoms with van der Waals surface area (Å²) in [6.45, 7) is 3.46. The lowest BCUT2D eigenvalue weighted by Crippen LogP contribution is -2.14. The summed E-state index contributed by atoms with van der Waals surface area (Å²) in [6, 6.07) is 6.28. The molecule has 4 rings (SSSR count). The standard InChI is InChI=1S/C16H16FN7OS3/c1-2-26-16-22-19-13(28-16)18-12(25)9-27-15-21-20-14-23(7-8-24(14)15)11-5-3-10(17)4-6-11/h3-6H,2,7-9H2,1H3,(H,18,19,25). The number of rotatable bonds is 7. The molecule has 8 nitrogen and oxygen atoms in total. The van der Waals surface area contributed by atoms with Crippen molar-refractivity contribution in [2.24, 2.45) is 0 Å². The van der Waals surface area contributed by atoms with E-state index in [-0.39, 0.29) is 17.5 Å². The van der Waals surface area contributed by atoms with Crippen molar-refractivity contribution in [1.82, 2.24) is 25.0 Å². The number of aromatic nitrogens is 5. The molecule has 12 heteroatoms. The molecule has 0 aliphatic carbocycles. The van der Waals surface area contributed by atoms with Crippen LogP contribution in [0.15, 0.2) is 33.8 Å². The summed E-state index contributed by atoms with van der Waals surface area (Å²) >= 11 is 4.27. The van der Waals surface area contributed by atoms with Crippen LogP contribution in [0.5, 0.6) is 0 Å². The number of nitrogens with zero attached hydrogens (tertiary/aromatic N) is 6. The minimum atomic E-state index is -0.275. The first-order valence-electron chi connectivity index (χ1n) is 8.49. The largest absolute Gasteiger partial charge is 0.309 e. The van der Waals surface area contributed by atoms with E-state index in [4.69, 9.17) is 0 Å². The average molecular weight is 438 g/mol. The zero-order valence-electron chi connectivity index (χ0n) is 14.8. The fraction of sp³-hybridized carbons (Fsp3) is 0.312. The number of carbonyl (C=O) groups is 1. The van der Waals surface area contributed by atoms with Crippen LogP contribution < -0.4 is 10.2 Å². The summed E-state index contributed by atoms with van der Waals surface area (Å²) in [5.41, 5.74) is 0.860. The van der Waals surface area contributed by atoms with Gasteiger partial charge >= 0.3 is 0 Å². The highest BCUT2D eigenvalue weighted by atomic mass is 32.2. The second-order valence-electron chi connectivity index (χ2n) is 5.71. The first-order chi connectivity index (χ1) is 13.6. The molecule has 0 atom stereocenters. The van der Waals surface area contributed by atoms with Gasteiger partial charge in [-0.25, -0.2) is 4.39 Å². The Balaban J connectivity index is 1.37. The predicted molar refractivity (Wildman–Crippen MR) is 109 cm³/mol. The molecule has 1 N–H and O–H groups in total. The summed E-state index contributed by atoms with van der Waals surface area (Å²) in [7, 11) is 0. The van der Waals surface area contributed by atoms with Gasteiger partial charge in [0.15, 0.2) is 9.50 Å². The third-order valence-electron chi connectivity index (χ3n) is 3.88. The zero-order valence-corrected chi connectivity index (χ0v) is 17.3. The van der Waals surface area contributed by atoms with Crippen LogP contribution in [0, 0.1) is 5.82 Å². The Bertz CT molecular complexity index is 975. The normalized spacial score (nSPS) is 13.0. The molecule has 1 aliphatic heterocycles. The molecular weight excluding hydrogens is 421 g/mol. The van der Waals surface area contributed by atoms with Gasteiger partial charge in [-0.3, -0.25) is 14.7 Å². The average Bonchev–Trinajstić information content (AvgIpc) is 3.38. The van der Waals surface area contributed by atoms with E-state index in [1.54, 1.807) is 23.9 Å². The molecule has 0 spiro atoms. The van der Waals surface area contributed by atoms with Crippen molar-refractivity contribution in [2.45, 2.75) is 23.0 Å². The number of halogens is 1. The smallest absolute Gasteiger partial charge is 0.236 e. The highest BCUT2D eigenvalue weighted by molar-refractivity contribution is 8.01. The molecule has 1 aliphatic rings.